The molecular weight excluding hydrogens is 279 g/mol. The van der Waals surface area contributed by atoms with Crippen LogP contribution in [0.4, 0.5) is 13.2 Å². The van der Waals surface area contributed by atoms with E-state index in [2.05, 4.69) is 4.84 Å². The Balaban J connectivity index is 2.17. The van der Waals surface area contributed by atoms with Gasteiger partial charge in [-0.05, 0) is 24.3 Å². The zero-order chi connectivity index (χ0) is 15.0. The molecule has 1 aromatic carbocycles. The van der Waals surface area contributed by atoms with E-state index in [9.17, 15) is 18.3 Å². The topological polar surface area (TPSA) is 60.0 Å². The minimum absolute atomic E-state index is 0.0747. The van der Waals surface area contributed by atoms with Crippen molar-refractivity contribution in [1.29, 1.82) is 0 Å². The highest BCUT2D eigenvalue weighted by molar-refractivity contribution is 5.31. The summed E-state index contributed by atoms with van der Waals surface area (Å²) in [6.07, 6.45) is -5.40. The van der Waals surface area contributed by atoms with E-state index in [1.807, 2.05) is 5.48 Å². The molecule has 0 bridgehead atoms. The van der Waals surface area contributed by atoms with Crippen molar-refractivity contribution in [3.05, 3.63) is 24.3 Å². The highest BCUT2D eigenvalue weighted by Crippen LogP contribution is 2.17. The number of alkyl halides is 3. The number of nitrogens with one attached hydrogen (secondary N) is 1. The van der Waals surface area contributed by atoms with Gasteiger partial charge in [0, 0.05) is 0 Å². The predicted octanol–water partition coefficient (Wildman–Crippen LogP) is 1.52. The molecule has 114 valence electrons. The van der Waals surface area contributed by atoms with E-state index >= 15 is 0 Å². The molecule has 0 radical (unpaired) electrons. The van der Waals surface area contributed by atoms with Gasteiger partial charge in [0.05, 0.1) is 13.7 Å². The van der Waals surface area contributed by atoms with Crippen molar-refractivity contribution in [2.75, 3.05) is 26.9 Å². The summed E-state index contributed by atoms with van der Waals surface area (Å²) < 4.78 is 45.5. The van der Waals surface area contributed by atoms with E-state index in [0.717, 1.165) is 0 Å². The lowest BCUT2D eigenvalue weighted by Crippen LogP contribution is -2.34. The maximum absolute atomic E-state index is 11.7. The Morgan fingerprint density at radius 1 is 1.20 bits per heavy atom. The molecule has 0 aliphatic rings. The Kier molecular flexibility index (Phi) is 6.56. The van der Waals surface area contributed by atoms with Gasteiger partial charge in [0.1, 0.15) is 24.2 Å². The van der Waals surface area contributed by atoms with Crippen molar-refractivity contribution in [3.8, 4) is 11.5 Å². The number of hydroxylamine groups is 1. The van der Waals surface area contributed by atoms with Gasteiger partial charge in [0.15, 0.2) is 6.61 Å². The molecule has 0 spiro atoms. The van der Waals surface area contributed by atoms with Crippen LogP contribution in [0.2, 0.25) is 0 Å². The molecule has 5 nitrogen and oxygen atoms in total. The average molecular weight is 295 g/mol. The van der Waals surface area contributed by atoms with Crippen LogP contribution in [0, 0.1) is 0 Å². The van der Waals surface area contributed by atoms with Crippen LogP contribution in [0.3, 0.4) is 0 Å². The second kappa shape index (κ2) is 7.93. The van der Waals surface area contributed by atoms with Crippen molar-refractivity contribution in [2.45, 2.75) is 12.3 Å². The molecule has 0 aliphatic heterocycles. The van der Waals surface area contributed by atoms with E-state index in [-0.39, 0.29) is 13.2 Å². The molecule has 0 saturated heterocycles. The van der Waals surface area contributed by atoms with Crippen LogP contribution in [0.1, 0.15) is 0 Å². The minimum atomic E-state index is -4.41. The first kappa shape index (κ1) is 16.5. The molecule has 2 N–H and O–H groups in total. The van der Waals surface area contributed by atoms with Crippen molar-refractivity contribution in [3.63, 3.8) is 0 Å². The lowest BCUT2D eigenvalue weighted by molar-refractivity contribution is -0.191. The molecule has 0 saturated carbocycles. The van der Waals surface area contributed by atoms with Crippen LogP contribution < -0.4 is 15.0 Å². The first-order valence-corrected chi connectivity index (χ1v) is 5.77. The average Bonchev–Trinajstić information content (AvgIpc) is 2.41. The van der Waals surface area contributed by atoms with Crippen molar-refractivity contribution < 1.29 is 32.6 Å². The van der Waals surface area contributed by atoms with Gasteiger partial charge in [-0.15, -0.1) is 0 Å². The second-order valence-corrected chi connectivity index (χ2v) is 3.89. The van der Waals surface area contributed by atoms with Crippen LogP contribution in [0.15, 0.2) is 24.3 Å². The lowest BCUT2D eigenvalue weighted by Gasteiger charge is -2.14. The summed E-state index contributed by atoms with van der Waals surface area (Å²) >= 11 is 0. The van der Waals surface area contributed by atoms with E-state index in [0.29, 0.717) is 11.5 Å². The number of methoxy groups -OCH3 is 1. The summed E-state index contributed by atoms with van der Waals surface area (Å²) in [7, 11) is 1.53. The number of halogens is 3. The highest BCUT2D eigenvalue weighted by atomic mass is 19.4. The molecule has 0 fully saturated rings. The molecule has 0 aliphatic carbocycles. The van der Waals surface area contributed by atoms with Crippen LogP contribution in [-0.4, -0.2) is 44.3 Å². The SMILES string of the molecule is COc1ccc(OCC(O)CNOCC(F)(F)F)cc1. The van der Waals surface area contributed by atoms with E-state index in [1.165, 1.54) is 7.11 Å². The summed E-state index contributed by atoms with van der Waals surface area (Å²) in [5, 5.41) is 9.47. The van der Waals surface area contributed by atoms with Crippen LogP contribution in [0.25, 0.3) is 0 Å². The molecule has 8 heteroatoms. The highest BCUT2D eigenvalue weighted by Gasteiger charge is 2.27. The van der Waals surface area contributed by atoms with Gasteiger partial charge >= 0.3 is 6.18 Å². The normalized spacial score (nSPS) is 13.1. The Hall–Kier alpha value is -1.51. The van der Waals surface area contributed by atoms with Crippen molar-refractivity contribution in [1.82, 2.24) is 5.48 Å². The van der Waals surface area contributed by atoms with Gasteiger partial charge in [0.25, 0.3) is 0 Å². The predicted molar refractivity (Wildman–Crippen MR) is 64.5 cm³/mol. The summed E-state index contributed by atoms with van der Waals surface area (Å²) in [5.74, 6) is 1.18. The molecule has 0 amide bonds. The van der Waals surface area contributed by atoms with Gasteiger partial charge in [-0.25, -0.2) is 0 Å². The van der Waals surface area contributed by atoms with Gasteiger partial charge in [-0.3, -0.25) is 4.84 Å². The molecule has 1 atom stereocenters. The summed E-state index contributed by atoms with van der Waals surface area (Å²) in [6, 6.07) is 6.68. The van der Waals surface area contributed by atoms with Gasteiger partial charge in [-0.2, -0.15) is 18.7 Å². The molecular formula is C12H16F3NO4. The number of aliphatic hydroxyl groups is 1. The second-order valence-electron chi connectivity index (χ2n) is 3.89. The zero-order valence-electron chi connectivity index (χ0n) is 10.8. The first-order valence-electron chi connectivity index (χ1n) is 5.77. The fourth-order valence-corrected chi connectivity index (χ4v) is 1.21. The Morgan fingerprint density at radius 3 is 2.35 bits per heavy atom. The fourth-order valence-electron chi connectivity index (χ4n) is 1.21. The molecule has 0 heterocycles. The molecule has 1 unspecified atom stereocenters. The van der Waals surface area contributed by atoms with Crippen LogP contribution >= 0.6 is 0 Å². The quantitative estimate of drug-likeness (QED) is 0.562. The molecule has 0 aromatic heterocycles. The fraction of sp³-hybridized carbons (Fsp3) is 0.500. The number of aliphatic hydroxyl groups excluding tert-OH is 1. The number of ether oxygens (including phenoxy) is 2. The van der Waals surface area contributed by atoms with E-state index < -0.39 is 18.9 Å². The van der Waals surface area contributed by atoms with Gasteiger partial charge in [0.2, 0.25) is 0 Å². The Morgan fingerprint density at radius 2 is 1.80 bits per heavy atom. The van der Waals surface area contributed by atoms with Crippen LogP contribution in [0.5, 0.6) is 11.5 Å². The summed E-state index contributed by atoms with van der Waals surface area (Å²) in [5.41, 5.74) is 2.03. The van der Waals surface area contributed by atoms with Gasteiger partial charge in [-0.1, -0.05) is 0 Å². The zero-order valence-corrected chi connectivity index (χ0v) is 10.8. The van der Waals surface area contributed by atoms with Crippen LogP contribution in [-0.2, 0) is 4.84 Å². The Bertz CT molecular complexity index is 383. The first-order chi connectivity index (χ1) is 9.40. The number of benzene rings is 1. The molecule has 1 rings (SSSR count). The van der Waals surface area contributed by atoms with E-state index in [1.54, 1.807) is 24.3 Å². The summed E-state index contributed by atoms with van der Waals surface area (Å²) in [4.78, 5) is 4.14. The minimum Gasteiger partial charge on any atom is -0.497 e. The lowest BCUT2D eigenvalue weighted by atomic mass is 10.3. The molecule has 1 aromatic rings. The van der Waals surface area contributed by atoms with Crippen molar-refractivity contribution in [2.24, 2.45) is 0 Å². The largest absolute Gasteiger partial charge is 0.497 e. The van der Waals surface area contributed by atoms with E-state index in [4.69, 9.17) is 9.47 Å². The standard InChI is InChI=1S/C12H16F3NO4/c1-18-10-2-4-11(5-3-10)19-7-9(17)6-16-20-8-12(13,14)15/h2-5,9,16-17H,6-8H2,1H3. The maximum Gasteiger partial charge on any atom is 0.413 e. The third kappa shape index (κ3) is 7.17. The monoisotopic (exact) mass is 295 g/mol. The third-order valence-corrected chi connectivity index (χ3v) is 2.16. The molecule has 20 heavy (non-hydrogen) atoms. The number of rotatable bonds is 8. The number of hydrogen-bond donors (Lipinski definition) is 2. The summed E-state index contributed by atoms with van der Waals surface area (Å²) in [6.45, 7) is -1.67. The maximum atomic E-state index is 11.7. The smallest absolute Gasteiger partial charge is 0.413 e. The number of hydrogen-bond acceptors (Lipinski definition) is 5. The van der Waals surface area contributed by atoms with Gasteiger partial charge < -0.3 is 14.6 Å². The van der Waals surface area contributed by atoms with Crippen molar-refractivity contribution >= 4 is 0 Å². The Labute approximate surface area is 114 Å². The third-order valence-electron chi connectivity index (χ3n) is 2.16.